The van der Waals surface area contributed by atoms with E-state index in [1.807, 2.05) is 0 Å². The number of ether oxygens (including phenoxy) is 3. The van der Waals surface area contributed by atoms with Gasteiger partial charge in [0.2, 0.25) is 0 Å². The summed E-state index contributed by atoms with van der Waals surface area (Å²) in [6.07, 6.45) is 1.99. The molecule has 1 fully saturated rings. The molecule has 1 heterocycles. The van der Waals surface area contributed by atoms with E-state index in [9.17, 15) is 0 Å². The second-order valence-corrected chi connectivity index (χ2v) is 4.89. The molecule has 0 N–H and O–H groups in total. The fraction of sp³-hybridized carbons (Fsp3) is 0.600. The predicted octanol–water partition coefficient (Wildman–Crippen LogP) is 3.08. The van der Waals surface area contributed by atoms with Crippen molar-refractivity contribution in [1.29, 1.82) is 0 Å². The number of aryl methyl sites for hydroxylation is 1. The molecule has 0 radical (unpaired) electrons. The van der Waals surface area contributed by atoms with E-state index in [-0.39, 0.29) is 12.4 Å². The van der Waals surface area contributed by atoms with Crippen molar-refractivity contribution in [2.24, 2.45) is 5.92 Å². The lowest BCUT2D eigenvalue weighted by Gasteiger charge is -2.33. The Balaban J connectivity index is 2.04. The van der Waals surface area contributed by atoms with Gasteiger partial charge in [-0.3, -0.25) is 0 Å². The second kappa shape index (κ2) is 6.32. The van der Waals surface area contributed by atoms with E-state index in [1.165, 1.54) is 11.1 Å². The molecular formula is C15H22O3. The van der Waals surface area contributed by atoms with Gasteiger partial charge in [-0.15, -0.1) is 0 Å². The van der Waals surface area contributed by atoms with Crippen LogP contribution in [0, 0.1) is 12.8 Å². The molecule has 1 saturated heterocycles. The summed E-state index contributed by atoms with van der Waals surface area (Å²) in [6.45, 7) is 2.87. The van der Waals surface area contributed by atoms with Crippen LogP contribution in [0.3, 0.4) is 0 Å². The third-order valence-corrected chi connectivity index (χ3v) is 3.62. The maximum absolute atomic E-state index is 5.86. The van der Waals surface area contributed by atoms with Crippen LogP contribution in [0.15, 0.2) is 24.3 Å². The zero-order chi connectivity index (χ0) is 13.0. The molecule has 2 rings (SSSR count). The molecule has 0 bridgehead atoms. The van der Waals surface area contributed by atoms with Gasteiger partial charge in [-0.2, -0.15) is 0 Å². The smallest absolute Gasteiger partial charge is 0.159 e. The summed E-state index contributed by atoms with van der Waals surface area (Å²) in [7, 11) is 3.40. The molecule has 1 aliphatic rings. The third kappa shape index (κ3) is 3.10. The Hall–Kier alpha value is -0.900. The van der Waals surface area contributed by atoms with Crippen LogP contribution in [0.5, 0.6) is 0 Å². The Labute approximate surface area is 109 Å². The highest BCUT2D eigenvalue weighted by Crippen LogP contribution is 2.34. The first-order chi connectivity index (χ1) is 8.74. The van der Waals surface area contributed by atoms with E-state index in [0.717, 1.165) is 19.4 Å². The Morgan fingerprint density at radius 3 is 2.44 bits per heavy atom. The van der Waals surface area contributed by atoms with Gasteiger partial charge >= 0.3 is 0 Å². The van der Waals surface area contributed by atoms with Crippen LogP contribution in [-0.4, -0.2) is 27.1 Å². The van der Waals surface area contributed by atoms with Gasteiger partial charge in [-0.25, -0.2) is 0 Å². The standard InChI is InChI=1S/C15H22O3/c1-11-4-6-12(7-5-11)14-10-13(8-9-18-14)15(16-2)17-3/h4-7,13-15H,8-10H2,1-3H3/t13-,14+/m0/s1. The van der Waals surface area contributed by atoms with Crippen LogP contribution in [0.2, 0.25) is 0 Å². The van der Waals surface area contributed by atoms with Gasteiger partial charge in [0.15, 0.2) is 6.29 Å². The molecule has 2 atom stereocenters. The molecule has 0 aliphatic carbocycles. The van der Waals surface area contributed by atoms with Crippen molar-refractivity contribution in [2.75, 3.05) is 20.8 Å². The van der Waals surface area contributed by atoms with Gasteiger partial charge in [0.1, 0.15) is 0 Å². The molecule has 3 nitrogen and oxygen atoms in total. The van der Waals surface area contributed by atoms with Gasteiger partial charge in [0.05, 0.1) is 6.10 Å². The fourth-order valence-corrected chi connectivity index (χ4v) is 2.56. The molecule has 1 aliphatic heterocycles. The van der Waals surface area contributed by atoms with Gasteiger partial charge in [-0.05, 0) is 25.3 Å². The van der Waals surface area contributed by atoms with Crippen LogP contribution >= 0.6 is 0 Å². The quantitative estimate of drug-likeness (QED) is 0.769. The lowest BCUT2D eigenvalue weighted by molar-refractivity contribution is -0.165. The summed E-state index contributed by atoms with van der Waals surface area (Å²) in [5.41, 5.74) is 2.52. The fourth-order valence-electron chi connectivity index (χ4n) is 2.56. The first kappa shape index (κ1) is 13.5. The first-order valence-corrected chi connectivity index (χ1v) is 6.48. The normalized spacial score (nSPS) is 24.4. The van der Waals surface area contributed by atoms with Gasteiger partial charge in [0.25, 0.3) is 0 Å². The molecule has 1 aromatic rings. The van der Waals surface area contributed by atoms with Crippen LogP contribution in [0.4, 0.5) is 0 Å². The summed E-state index contributed by atoms with van der Waals surface area (Å²) in [5.74, 6) is 0.403. The highest BCUT2D eigenvalue weighted by molar-refractivity contribution is 5.23. The number of hydrogen-bond donors (Lipinski definition) is 0. The van der Waals surface area contributed by atoms with E-state index in [4.69, 9.17) is 14.2 Å². The van der Waals surface area contributed by atoms with E-state index in [2.05, 4.69) is 31.2 Å². The summed E-state index contributed by atoms with van der Waals surface area (Å²) in [4.78, 5) is 0. The van der Waals surface area contributed by atoms with Gasteiger partial charge in [0, 0.05) is 26.7 Å². The molecule has 0 saturated carbocycles. The van der Waals surface area contributed by atoms with Crippen LogP contribution in [-0.2, 0) is 14.2 Å². The lowest BCUT2D eigenvalue weighted by atomic mass is 9.91. The topological polar surface area (TPSA) is 27.7 Å². The van der Waals surface area contributed by atoms with Crippen LogP contribution in [0.25, 0.3) is 0 Å². The maximum atomic E-state index is 5.86. The molecule has 0 aromatic heterocycles. The Morgan fingerprint density at radius 1 is 1.17 bits per heavy atom. The van der Waals surface area contributed by atoms with E-state index in [1.54, 1.807) is 14.2 Å². The molecule has 18 heavy (non-hydrogen) atoms. The van der Waals surface area contributed by atoms with Crippen molar-refractivity contribution >= 4 is 0 Å². The molecule has 100 valence electrons. The number of methoxy groups -OCH3 is 2. The minimum atomic E-state index is -0.123. The highest BCUT2D eigenvalue weighted by Gasteiger charge is 2.29. The van der Waals surface area contributed by atoms with Crippen molar-refractivity contribution in [3.63, 3.8) is 0 Å². The van der Waals surface area contributed by atoms with E-state index >= 15 is 0 Å². The number of rotatable bonds is 4. The van der Waals surface area contributed by atoms with Gasteiger partial charge in [-0.1, -0.05) is 29.8 Å². The summed E-state index contributed by atoms with van der Waals surface area (Å²) in [6, 6.07) is 8.56. The van der Waals surface area contributed by atoms with Gasteiger partial charge < -0.3 is 14.2 Å². The highest BCUT2D eigenvalue weighted by atomic mass is 16.7. The van der Waals surface area contributed by atoms with Crippen molar-refractivity contribution in [2.45, 2.75) is 32.2 Å². The van der Waals surface area contributed by atoms with Crippen LogP contribution < -0.4 is 0 Å². The van der Waals surface area contributed by atoms with Crippen molar-refractivity contribution in [1.82, 2.24) is 0 Å². The van der Waals surface area contributed by atoms with Crippen molar-refractivity contribution in [3.8, 4) is 0 Å². The molecule has 0 unspecified atom stereocenters. The average molecular weight is 250 g/mol. The minimum Gasteiger partial charge on any atom is -0.374 e. The Bertz CT molecular complexity index is 357. The number of benzene rings is 1. The SMILES string of the molecule is COC(OC)[C@H]1CCO[C@@H](c2ccc(C)cc2)C1. The largest absolute Gasteiger partial charge is 0.374 e. The summed E-state index contributed by atoms with van der Waals surface area (Å²) >= 11 is 0. The molecule has 0 spiro atoms. The molecular weight excluding hydrogens is 228 g/mol. The van der Waals surface area contributed by atoms with Crippen LogP contribution in [0.1, 0.15) is 30.1 Å². The van der Waals surface area contributed by atoms with Crippen molar-refractivity contribution < 1.29 is 14.2 Å². The third-order valence-electron chi connectivity index (χ3n) is 3.62. The maximum Gasteiger partial charge on any atom is 0.159 e. The number of hydrogen-bond acceptors (Lipinski definition) is 3. The van der Waals surface area contributed by atoms with E-state index < -0.39 is 0 Å². The summed E-state index contributed by atoms with van der Waals surface area (Å²) in [5, 5.41) is 0. The van der Waals surface area contributed by atoms with E-state index in [0.29, 0.717) is 5.92 Å². The molecule has 0 amide bonds. The second-order valence-electron chi connectivity index (χ2n) is 4.89. The lowest BCUT2D eigenvalue weighted by Crippen LogP contribution is -2.31. The Morgan fingerprint density at radius 2 is 1.83 bits per heavy atom. The monoisotopic (exact) mass is 250 g/mol. The Kier molecular flexibility index (Phi) is 4.75. The minimum absolute atomic E-state index is 0.123. The summed E-state index contributed by atoms with van der Waals surface area (Å²) < 4.78 is 16.6. The molecule has 1 aromatic carbocycles. The predicted molar refractivity (Wildman–Crippen MR) is 70.4 cm³/mol. The zero-order valence-electron chi connectivity index (χ0n) is 11.4. The average Bonchev–Trinajstić information content (AvgIpc) is 2.41. The molecule has 3 heteroatoms. The zero-order valence-corrected chi connectivity index (χ0v) is 11.4. The van der Waals surface area contributed by atoms with Crippen molar-refractivity contribution in [3.05, 3.63) is 35.4 Å². The first-order valence-electron chi connectivity index (χ1n) is 6.48.